The standard InChI is InChI=1S/C13H14N2O3S/c1-19-8-7-18-12-11(13(16)17)9-14-15(12)10-5-3-2-4-6-10/h2-6,9H,7-8H2,1H3,(H,16,17). The molecule has 1 N–H and O–H groups in total. The number of rotatable bonds is 6. The summed E-state index contributed by atoms with van der Waals surface area (Å²) in [5.74, 6) is 0.0213. The van der Waals surface area contributed by atoms with Crippen molar-refractivity contribution in [2.75, 3.05) is 18.6 Å². The highest BCUT2D eigenvalue weighted by molar-refractivity contribution is 7.98. The predicted octanol–water partition coefficient (Wildman–Crippen LogP) is 2.31. The van der Waals surface area contributed by atoms with E-state index in [1.54, 1.807) is 11.8 Å². The number of aromatic carboxylic acids is 1. The monoisotopic (exact) mass is 278 g/mol. The fraction of sp³-hybridized carbons (Fsp3) is 0.231. The largest absolute Gasteiger partial charge is 0.477 e. The first-order valence-electron chi connectivity index (χ1n) is 5.72. The van der Waals surface area contributed by atoms with E-state index >= 15 is 0 Å². The van der Waals surface area contributed by atoms with Crippen molar-refractivity contribution >= 4 is 17.7 Å². The summed E-state index contributed by atoms with van der Waals surface area (Å²) in [6.45, 7) is 0.444. The second-order valence-electron chi connectivity index (χ2n) is 3.76. The average Bonchev–Trinajstić information content (AvgIpc) is 2.84. The van der Waals surface area contributed by atoms with Crippen LogP contribution in [0.2, 0.25) is 0 Å². The maximum atomic E-state index is 11.2. The summed E-state index contributed by atoms with van der Waals surface area (Å²) in [5, 5.41) is 13.2. The number of carbonyl (C=O) groups is 1. The van der Waals surface area contributed by atoms with Gasteiger partial charge in [0.05, 0.1) is 18.5 Å². The van der Waals surface area contributed by atoms with Crippen molar-refractivity contribution < 1.29 is 14.6 Å². The van der Waals surface area contributed by atoms with E-state index in [2.05, 4.69) is 5.10 Å². The third-order valence-electron chi connectivity index (χ3n) is 2.48. The van der Waals surface area contributed by atoms with Gasteiger partial charge in [0, 0.05) is 5.75 Å². The molecule has 0 bridgehead atoms. The Bertz CT molecular complexity index is 554. The Labute approximate surface area is 115 Å². The third kappa shape index (κ3) is 3.08. The molecule has 6 heteroatoms. The number of hydrogen-bond donors (Lipinski definition) is 1. The van der Waals surface area contributed by atoms with Gasteiger partial charge in [0.15, 0.2) is 0 Å². The van der Waals surface area contributed by atoms with Crippen LogP contribution in [-0.4, -0.2) is 39.5 Å². The molecule has 0 spiro atoms. The van der Waals surface area contributed by atoms with Crippen molar-refractivity contribution in [3.05, 3.63) is 42.1 Å². The molecule has 2 aromatic rings. The van der Waals surface area contributed by atoms with Gasteiger partial charge in [-0.1, -0.05) is 18.2 Å². The molecule has 0 aliphatic rings. The van der Waals surface area contributed by atoms with E-state index in [1.807, 2.05) is 36.6 Å². The maximum absolute atomic E-state index is 11.2. The van der Waals surface area contributed by atoms with Crippen LogP contribution in [0.5, 0.6) is 5.88 Å². The van der Waals surface area contributed by atoms with Gasteiger partial charge in [-0.2, -0.15) is 16.9 Å². The Morgan fingerprint density at radius 1 is 1.42 bits per heavy atom. The highest BCUT2D eigenvalue weighted by Gasteiger charge is 2.19. The van der Waals surface area contributed by atoms with Crippen LogP contribution in [0.25, 0.3) is 5.69 Å². The molecule has 0 saturated carbocycles. The molecular weight excluding hydrogens is 264 g/mol. The zero-order valence-corrected chi connectivity index (χ0v) is 11.3. The molecule has 100 valence electrons. The average molecular weight is 278 g/mol. The second kappa shape index (κ2) is 6.29. The van der Waals surface area contributed by atoms with Gasteiger partial charge in [-0.3, -0.25) is 0 Å². The summed E-state index contributed by atoms with van der Waals surface area (Å²) < 4.78 is 7.07. The smallest absolute Gasteiger partial charge is 0.342 e. The van der Waals surface area contributed by atoms with E-state index in [-0.39, 0.29) is 11.4 Å². The second-order valence-corrected chi connectivity index (χ2v) is 4.74. The van der Waals surface area contributed by atoms with Crippen molar-refractivity contribution in [1.82, 2.24) is 9.78 Å². The van der Waals surface area contributed by atoms with Crippen molar-refractivity contribution in [1.29, 1.82) is 0 Å². The Kier molecular flexibility index (Phi) is 4.46. The summed E-state index contributed by atoms with van der Waals surface area (Å²) in [5.41, 5.74) is 0.846. The quantitative estimate of drug-likeness (QED) is 0.821. The highest BCUT2D eigenvalue weighted by atomic mass is 32.2. The van der Waals surface area contributed by atoms with Crippen molar-refractivity contribution in [2.45, 2.75) is 0 Å². The van der Waals surface area contributed by atoms with Crippen LogP contribution in [0.15, 0.2) is 36.5 Å². The van der Waals surface area contributed by atoms with E-state index < -0.39 is 5.97 Å². The molecule has 0 saturated heterocycles. The summed E-state index contributed by atoms with van der Waals surface area (Å²) in [6, 6.07) is 9.31. The number of aromatic nitrogens is 2. The van der Waals surface area contributed by atoms with Crippen LogP contribution in [-0.2, 0) is 0 Å². The molecule has 1 aromatic carbocycles. The third-order valence-corrected chi connectivity index (χ3v) is 3.06. The minimum Gasteiger partial charge on any atom is -0.477 e. The first-order chi connectivity index (χ1) is 9.24. The van der Waals surface area contributed by atoms with E-state index in [0.29, 0.717) is 6.61 Å². The summed E-state index contributed by atoms with van der Waals surface area (Å²) in [7, 11) is 0. The van der Waals surface area contributed by atoms with Crippen molar-refractivity contribution in [3.63, 3.8) is 0 Å². The van der Waals surface area contributed by atoms with Gasteiger partial charge >= 0.3 is 5.97 Å². The number of carboxylic acids is 1. The minimum atomic E-state index is -1.04. The molecule has 0 aliphatic carbocycles. The van der Waals surface area contributed by atoms with Gasteiger partial charge in [0.25, 0.3) is 0 Å². The number of carboxylic acid groups (broad SMARTS) is 1. The molecule has 0 fully saturated rings. The Morgan fingerprint density at radius 2 is 2.16 bits per heavy atom. The van der Waals surface area contributed by atoms with Crippen molar-refractivity contribution in [2.24, 2.45) is 0 Å². The van der Waals surface area contributed by atoms with Gasteiger partial charge in [-0.05, 0) is 18.4 Å². The van der Waals surface area contributed by atoms with Gasteiger partial charge in [0.2, 0.25) is 5.88 Å². The van der Waals surface area contributed by atoms with Gasteiger partial charge in [0.1, 0.15) is 5.56 Å². The summed E-state index contributed by atoms with van der Waals surface area (Å²) in [6.07, 6.45) is 3.28. The van der Waals surface area contributed by atoms with Crippen LogP contribution >= 0.6 is 11.8 Å². The summed E-state index contributed by atoms with van der Waals surface area (Å²) in [4.78, 5) is 11.2. The lowest BCUT2D eigenvalue weighted by atomic mass is 10.3. The minimum absolute atomic E-state index is 0.0740. The van der Waals surface area contributed by atoms with Gasteiger partial charge < -0.3 is 9.84 Å². The number of thioether (sulfide) groups is 1. The molecule has 0 atom stereocenters. The van der Waals surface area contributed by atoms with Crippen LogP contribution in [0.1, 0.15) is 10.4 Å². The molecule has 1 aromatic heterocycles. The van der Waals surface area contributed by atoms with E-state index in [0.717, 1.165) is 11.4 Å². The zero-order chi connectivity index (χ0) is 13.7. The molecule has 19 heavy (non-hydrogen) atoms. The maximum Gasteiger partial charge on any atom is 0.342 e. The SMILES string of the molecule is CSCCOc1c(C(=O)O)cnn1-c1ccccc1. The highest BCUT2D eigenvalue weighted by Crippen LogP contribution is 2.22. The fourth-order valence-electron chi connectivity index (χ4n) is 1.60. The molecule has 1 heterocycles. The Hall–Kier alpha value is -1.95. The van der Waals surface area contributed by atoms with E-state index in [9.17, 15) is 4.79 Å². The predicted molar refractivity (Wildman–Crippen MR) is 74.4 cm³/mol. The number of benzene rings is 1. The Balaban J connectivity index is 2.35. The van der Waals surface area contributed by atoms with Crippen LogP contribution in [0.3, 0.4) is 0 Å². The molecule has 0 amide bonds. The first kappa shape index (κ1) is 13.5. The molecule has 2 rings (SSSR count). The van der Waals surface area contributed by atoms with Crippen LogP contribution < -0.4 is 4.74 Å². The normalized spacial score (nSPS) is 10.4. The first-order valence-corrected chi connectivity index (χ1v) is 7.12. The van der Waals surface area contributed by atoms with Crippen molar-refractivity contribution in [3.8, 4) is 11.6 Å². The lowest BCUT2D eigenvalue weighted by Crippen LogP contribution is -2.09. The summed E-state index contributed by atoms with van der Waals surface area (Å²) >= 11 is 1.64. The van der Waals surface area contributed by atoms with Crippen LogP contribution in [0.4, 0.5) is 0 Å². The Morgan fingerprint density at radius 3 is 2.79 bits per heavy atom. The van der Waals surface area contributed by atoms with Gasteiger partial charge in [-0.15, -0.1) is 0 Å². The zero-order valence-electron chi connectivity index (χ0n) is 10.4. The van der Waals surface area contributed by atoms with Gasteiger partial charge in [-0.25, -0.2) is 9.48 Å². The topological polar surface area (TPSA) is 64.3 Å². The molecule has 0 radical (unpaired) electrons. The molecule has 0 unspecified atom stereocenters. The number of nitrogens with zero attached hydrogens (tertiary/aromatic N) is 2. The number of hydrogen-bond acceptors (Lipinski definition) is 4. The van der Waals surface area contributed by atoms with E-state index in [4.69, 9.17) is 9.84 Å². The lowest BCUT2D eigenvalue weighted by Gasteiger charge is -2.09. The number of para-hydroxylation sites is 1. The fourth-order valence-corrected chi connectivity index (χ4v) is 1.85. The lowest BCUT2D eigenvalue weighted by molar-refractivity contribution is 0.0692. The molecular formula is C13H14N2O3S. The number of ether oxygens (including phenoxy) is 1. The molecule has 0 aliphatic heterocycles. The van der Waals surface area contributed by atoms with E-state index in [1.165, 1.54) is 10.9 Å². The van der Waals surface area contributed by atoms with Crippen LogP contribution in [0, 0.1) is 0 Å². The molecule has 5 nitrogen and oxygen atoms in total.